The molecule has 1 N–H and O–H groups in total. The first-order chi connectivity index (χ1) is 12.7. The van der Waals surface area contributed by atoms with Crippen molar-refractivity contribution in [3.63, 3.8) is 0 Å². The zero-order valence-corrected chi connectivity index (χ0v) is 14.2. The van der Waals surface area contributed by atoms with Crippen molar-refractivity contribution in [2.45, 2.75) is 31.8 Å². The van der Waals surface area contributed by atoms with Gasteiger partial charge in [0.25, 0.3) is 5.91 Å². The molecule has 8 heteroatoms. The first-order valence-corrected chi connectivity index (χ1v) is 8.48. The van der Waals surface area contributed by atoms with E-state index in [1.165, 1.54) is 0 Å². The lowest BCUT2D eigenvalue weighted by Gasteiger charge is -2.13. The first-order valence-electron chi connectivity index (χ1n) is 8.48. The Bertz CT molecular complexity index is 907. The Balaban J connectivity index is 1.46. The monoisotopic (exact) mass is 350 g/mol. The van der Waals surface area contributed by atoms with E-state index in [1.807, 2.05) is 37.3 Å². The second-order valence-electron chi connectivity index (χ2n) is 6.20. The maximum absolute atomic E-state index is 12.5. The molecule has 1 aromatic carbocycles. The molecule has 2 heterocycles. The standard InChI is InChI=1S/C18H18N6O2/c1-12(17-21-22-23-24(17)13-7-8-13)20-18(25)16-11-15(9-10-19-16)26-14-5-3-2-4-6-14/h2-6,9-13H,7-8H2,1H3,(H,20,25)/t12-/m1/s1. The van der Waals surface area contributed by atoms with Crippen molar-refractivity contribution >= 4 is 5.91 Å². The van der Waals surface area contributed by atoms with Crippen LogP contribution in [-0.4, -0.2) is 31.1 Å². The highest BCUT2D eigenvalue weighted by Crippen LogP contribution is 2.35. The summed E-state index contributed by atoms with van der Waals surface area (Å²) in [5.74, 6) is 1.59. The number of aromatic nitrogens is 5. The van der Waals surface area contributed by atoms with Crippen LogP contribution in [-0.2, 0) is 0 Å². The molecule has 1 aliphatic carbocycles. The van der Waals surface area contributed by atoms with Crippen molar-refractivity contribution in [2.24, 2.45) is 0 Å². The molecule has 1 fully saturated rings. The fraction of sp³-hybridized carbons (Fsp3) is 0.278. The van der Waals surface area contributed by atoms with Crippen LogP contribution in [0.3, 0.4) is 0 Å². The normalized spacial score (nSPS) is 14.7. The molecule has 4 rings (SSSR count). The number of tetrazole rings is 1. The first kappa shape index (κ1) is 16.2. The van der Waals surface area contributed by atoms with Gasteiger partial charge in [-0.1, -0.05) is 18.2 Å². The van der Waals surface area contributed by atoms with E-state index in [9.17, 15) is 4.79 Å². The summed E-state index contributed by atoms with van der Waals surface area (Å²) in [6.07, 6.45) is 3.68. The van der Waals surface area contributed by atoms with Crippen LogP contribution >= 0.6 is 0 Å². The number of nitrogens with one attached hydrogen (secondary N) is 1. The van der Waals surface area contributed by atoms with Crippen LogP contribution in [0.1, 0.15) is 48.2 Å². The number of carbonyl (C=O) groups excluding carboxylic acids is 1. The predicted molar refractivity (Wildman–Crippen MR) is 92.7 cm³/mol. The van der Waals surface area contributed by atoms with Crippen molar-refractivity contribution < 1.29 is 9.53 Å². The largest absolute Gasteiger partial charge is 0.457 e. The SMILES string of the molecule is C[C@@H](NC(=O)c1cc(Oc2ccccc2)ccn1)c1nnnn1C1CC1. The zero-order chi connectivity index (χ0) is 17.9. The topological polar surface area (TPSA) is 94.8 Å². The second-order valence-corrected chi connectivity index (χ2v) is 6.20. The number of pyridine rings is 1. The summed E-state index contributed by atoms with van der Waals surface area (Å²) in [5, 5.41) is 14.7. The fourth-order valence-corrected chi connectivity index (χ4v) is 2.62. The van der Waals surface area contributed by atoms with E-state index in [4.69, 9.17) is 4.74 Å². The lowest BCUT2D eigenvalue weighted by molar-refractivity contribution is 0.0932. The molecule has 8 nitrogen and oxygen atoms in total. The number of ether oxygens (including phenoxy) is 1. The summed E-state index contributed by atoms with van der Waals surface area (Å²) in [6.45, 7) is 1.85. The van der Waals surface area contributed by atoms with Gasteiger partial charge in [-0.3, -0.25) is 9.78 Å². The van der Waals surface area contributed by atoms with E-state index < -0.39 is 0 Å². The van der Waals surface area contributed by atoms with Crippen LogP contribution in [0.5, 0.6) is 11.5 Å². The molecule has 26 heavy (non-hydrogen) atoms. The molecule has 0 radical (unpaired) electrons. The maximum atomic E-state index is 12.5. The Morgan fingerprint density at radius 1 is 1.23 bits per heavy atom. The van der Waals surface area contributed by atoms with Gasteiger partial charge in [0, 0.05) is 12.3 Å². The fourth-order valence-electron chi connectivity index (χ4n) is 2.62. The van der Waals surface area contributed by atoms with Crippen LogP contribution in [0.4, 0.5) is 0 Å². The third-order valence-corrected chi connectivity index (χ3v) is 4.09. The summed E-state index contributed by atoms with van der Waals surface area (Å²) in [4.78, 5) is 16.7. The highest BCUT2D eigenvalue weighted by Gasteiger charge is 2.30. The number of rotatable bonds is 6. The minimum atomic E-state index is -0.321. The Morgan fingerprint density at radius 2 is 2.04 bits per heavy atom. The molecular formula is C18H18N6O2. The van der Waals surface area contributed by atoms with Crippen molar-refractivity contribution in [3.05, 3.63) is 60.2 Å². The lowest BCUT2D eigenvalue weighted by atomic mass is 10.2. The minimum absolute atomic E-state index is 0.274. The molecule has 3 aromatic rings. The van der Waals surface area contributed by atoms with Gasteiger partial charge >= 0.3 is 0 Å². The van der Waals surface area contributed by atoms with Crippen LogP contribution in [0.25, 0.3) is 0 Å². The zero-order valence-electron chi connectivity index (χ0n) is 14.2. The summed E-state index contributed by atoms with van der Waals surface area (Å²) in [5.41, 5.74) is 0.274. The van der Waals surface area contributed by atoms with Gasteiger partial charge in [0.15, 0.2) is 5.82 Å². The van der Waals surface area contributed by atoms with Crippen LogP contribution in [0.15, 0.2) is 48.7 Å². The summed E-state index contributed by atoms with van der Waals surface area (Å²) < 4.78 is 7.53. The van der Waals surface area contributed by atoms with Crippen LogP contribution < -0.4 is 10.1 Å². The average Bonchev–Trinajstić information content (AvgIpc) is 3.39. The second kappa shape index (κ2) is 6.91. The molecule has 1 atom stereocenters. The summed E-state index contributed by atoms with van der Waals surface area (Å²) in [7, 11) is 0. The number of nitrogens with zero attached hydrogens (tertiary/aromatic N) is 5. The molecule has 0 saturated heterocycles. The van der Waals surface area contributed by atoms with Gasteiger partial charge in [-0.2, -0.15) is 0 Å². The van der Waals surface area contributed by atoms with Gasteiger partial charge < -0.3 is 10.1 Å². The maximum Gasteiger partial charge on any atom is 0.270 e. The number of hydrogen-bond acceptors (Lipinski definition) is 6. The highest BCUT2D eigenvalue weighted by atomic mass is 16.5. The van der Waals surface area contributed by atoms with Gasteiger partial charge in [-0.15, -0.1) is 5.10 Å². The Kier molecular flexibility index (Phi) is 4.30. The van der Waals surface area contributed by atoms with E-state index in [0.29, 0.717) is 23.4 Å². The molecule has 1 amide bonds. The van der Waals surface area contributed by atoms with E-state index in [-0.39, 0.29) is 17.6 Å². The summed E-state index contributed by atoms with van der Waals surface area (Å²) in [6, 6.07) is 12.7. The van der Waals surface area contributed by atoms with Gasteiger partial charge in [0.2, 0.25) is 0 Å². The Labute approximate surface area is 150 Å². The Hall–Kier alpha value is -3.29. The molecule has 1 aliphatic rings. The number of hydrogen-bond donors (Lipinski definition) is 1. The third kappa shape index (κ3) is 3.53. The van der Waals surface area contributed by atoms with Gasteiger partial charge in [-0.05, 0) is 48.4 Å². The van der Waals surface area contributed by atoms with E-state index in [2.05, 4.69) is 25.8 Å². The molecule has 0 bridgehead atoms. The highest BCUT2D eigenvalue weighted by molar-refractivity contribution is 5.92. The molecular weight excluding hydrogens is 332 g/mol. The molecule has 0 aliphatic heterocycles. The van der Waals surface area contributed by atoms with E-state index in [1.54, 1.807) is 23.0 Å². The van der Waals surface area contributed by atoms with E-state index in [0.717, 1.165) is 12.8 Å². The Morgan fingerprint density at radius 3 is 2.81 bits per heavy atom. The van der Waals surface area contributed by atoms with Gasteiger partial charge in [-0.25, -0.2) is 4.68 Å². The molecule has 0 spiro atoms. The molecule has 132 valence electrons. The smallest absolute Gasteiger partial charge is 0.270 e. The van der Waals surface area contributed by atoms with E-state index >= 15 is 0 Å². The molecule has 0 unspecified atom stereocenters. The van der Waals surface area contributed by atoms with Crippen LogP contribution in [0, 0.1) is 0 Å². The van der Waals surface area contributed by atoms with Crippen molar-refractivity contribution in [1.29, 1.82) is 0 Å². The minimum Gasteiger partial charge on any atom is -0.457 e. The van der Waals surface area contributed by atoms with Crippen molar-refractivity contribution in [2.75, 3.05) is 0 Å². The van der Waals surface area contributed by atoms with Gasteiger partial charge in [0.1, 0.15) is 17.2 Å². The third-order valence-electron chi connectivity index (χ3n) is 4.09. The van der Waals surface area contributed by atoms with Crippen molar-refractivity contribution in [1.82, 2.24) is 30.5 Å². The number of carbonyl (C=O) groups is 1. The van der Waals surface area contributed by atoms with Gasteiger partial charge in [0.05, 0.1) is 12.1 Å². The number of amides is 1. The number of benzene rings is 1. The number of para-hydroxylation sites is 1. The summed E-state index contributed by atoms with van der Waals surface area (Å²) >= 11 is 0. The van der Waals surface area contributed by atoms with Crippen LogP contribution in [0.2, 0.25) is 0 Å². The lowest BCUT2D eigenvalue weighted by Crippen LogP contribution is -2.29. The van der Waals surface area contributed by atoms with Crippen molar-refractivity contribution in [3.8, 4) is 11.5 Å². The predicted octanol–water partition coefficient (Wildman–Crippen LogP) is 2.69. The molecule has 1 saturated carbocycles. The molecule has 2 aromatic heterocycles. The quantitative estimate of drug-likeness (QED) is 0.734. The average molecular weight is 350 g/mol.